The van der Waals surface area contributed by atoms with Gasteiger partial charge in [0.15, 0.2) is 0 Å². The number of carbonyl (C=O) groups is 1. The fourth-order valence-electron chi connectivity index (χ4n) is 3.90. The zero-order valence-corrected chi connectivity index (χ0v) is 21.5. The van der Waals surface area contributed by atoms with E-state index in [4.69, 9.17) is 9.15 Å². The molecule has 35 heavy (non-hydrogen) atoms. The molecule has 0 aliphatic rings. The van der Waals surface area contributed by atoms with Gasteiger partial charge in [0.25, 0.3) is 0 Å². The van der Waals surface area contributed by atoms with E-state index in [0.29, 0.717) is 30.2 Å². The van der Waals surface area contributed by atoms with Crippen LogP contribution in [0.15, 0.2) is 56.6 Å². The summed E-state index contributed by atoms with van der Waals surface area (Å²) in [5.74, 6) is -0.440. The maximum absolute atomic E-state index is 13.3. The monoisotopic (exact) mass is 499 g/mol. The second-order valence-electron chi connectivity index (χ2n) is 8.88. The van der Waals surface area contributed by atoms with Gasteiger partial charge in [0.1, 0.15) is 17.4 Å². The van der Waals surface area contributed by atoms with Crippen molar-refractivity contribution in [3.63, 3.8) is 0 Å². The van der Waals surface area contributed by atoms with Gasteiger partial charge in [-0.15, -0.1) is 0 Å². The molecule has 0 radical (unpaired) electrons. The molecule has 0 saturated heterocycles. The smallest absolute Gasteiger partial charge is 0.336 e. The van der Waals surface area contributed by atoms with E-state index in [1.807, 2.05) is 20.8 Å². The van der Waals surface area contributed by atoms with Gasteiger partial charge in [-0.25, -0.2) is 18.0 Å². The van der Waals surface area contributed by atoms with E-state index in [2.05, 4.69) is 11.6 Å². The van der Waals surface area contributed by atoms with Crippen LogP contribution in [0, 0.1) is 13.8 Å². The summed E-state index contributed by atoms with van der Waals surface area (Å²) in [5, 5.41) is 0.563. The summed E-state index contributed by atoms with van der Waals surface area (Å²) in [4.78, 5) is 25.5. The van der Waals surface area contributed by atoms with Crippen molar-refractivity contribution in [2.24, 2.45) is 0 Å². The van der Waals surface area contributed by atoms with Crippen LogP contribution in [-0.4, -0.2) is 20.4 Å². The predicted octanol–water partition coefficient (Wildman–Crippen LogP) is 5.20. The molecule has 0 fully saturated rings. The SMILES string of the molecule is CCCCc1cc(=O)oc2cc(C)cc(OC(=O)[C@@H](CCCC)NS(=O)(=O)c3ccc(C)cc3)c12. The molecule has 0 bridgehead atoms. The Kier molecular flexibility index (Phi) is 8.86. The molecule has 188 valence electrons. The molecule has 0 saturated carbocycles. The van der Waals surface area contributed by atoms with Crippen molar-refractivity contribution in [1.29, 1.82) is 0 Å². The number of nitrogens with one attached hydrogen (secondary N) is 1. The lowest BCUT2D eigenvalue weighted by Gasteiger charge is -2.19. The number of benzene rings is 2. The van der Waals surface area contributed by atoms with E-state index in [1.165, 1.54) is 18.2 Å². The summed E-state index contributed by atoms with van der Waals surface area (Å²) < 4.78 is 39.7. The number of sulfonamides is 1. The molecule has 1 aromatic heterocycles. The number of ether oxygens (including phenoxy) is 1. The van der Waals surface area contributed by atoms with Crippen molar-refractivity contribution >= 4 is 27.0 Å². The average molecular weight is 500 g/mol. The molecule has 0 unspecified atom stereocenters. The van der Waals surface area contributed by atoms with Crippen molar-refractivity contribution in [2.45, 2.75) is 77.2 Å². The first-order valence-corrected chi connectivity index (χ1v) is 13.5. The molecule has 3 aromatic rings. The molecule has 2 aromatic carbocycles. The number of hydrogen-bond donors (Lipinski definition) is 1. The Morgan fingerprint density at radius 3 is 2.34 bits per heavy atom. The Balaban J connectivity index is 1.97. The first-order valence-electron chi connectivity index (χ1n) is 12.0. The van der Waals surface area contributed by atoms with Crippen molar-refractivity contribution in [3.05, 3.63) is 69.6 Å². The second-order valence-corrected chi connectivity index (χ2v) is 10.6. The van der Waals surface area contributed by atoms with Crippen LogP contribution in [0.1, 0.15) is 62.6 Å². The summed E-state index contributed by atoms with van der Waals surface area (Å²) in [7, 11) is -3.93. The van der Waals surface area contributed by atoms with Gasteiger partial charge in [-0.3, -0.25) is 0 Å². The van der Waals surface area contributed by atoms with Crippen molar-refractivity contribution in [1.82, 2.24) is 4.72 Å². The molecule has 0 amide bonds. The van der Waals surface area contributed by atoms with E-state index in [-0.39, 0.29) is 10.6 Å². The number of rotatable bonds is 11. The van der Waals surface area contributed by atoms with Gasteiger partial charge >= 0.3 is 11.6 Å². The minimum atomic E-state index is -3.93. The largest absolute Gasteiger partial charge is 0.425 e. The lowest BCUT2D eigenvalue weighted by Crippen LogP contribution is -2.43. The van der Waals surface area contributed by atoms with Crippen molar-refractivity contribution in [3.8, 4) is 5.75 Å². The molecule has 0 aliphatic carbocycles. The van der Waals surface area contributed by atoms with Crippen LogP contribution in [0.25, 0.3) is 11.0 Å². The number of fused-ring (bicyclic) bond motifs is 1. The lowest BCUT2D eigenvalue weighted by atomic mass is 10.0. The highest BCUT2D eigenvalue weighted by Gasteiger charge is 2.28. The fourth-order valence-corrected chi connectivity index (χ4v) is 5.12. The highest BCUT2D eigenvalue weighted by molar-refractivity contribution is 7.89. The van der Waals surface area contributed by atoms with Gasteiger partial charge in [0.2, 0.25) is 10.0 Å². The van der Waals surface area contributed by atoms with Gasteiger partial charge in [0.05, 0.1) is 10.3 Å². The summed E-state index contributed by atoms with van der Waals surface area (Å²) in [6, 6.07) is 10.2. The summed E-state index contributed by atoms with van der Waals surface area (Å²) in [5.41, 5.74) is 2.31. The van der Waals surface area contributed by atoms with Gasteiger partial charge in [-0.05, 0) is 68.5 Å². The van der Waals surface area contributed by atoms with Crippen LogP contribution in [0.5, 0.6) is 5.75 Å². The zero-order valence-electron chi connectivity index (χ0n) is 20.7. The summed E-state index contributed by atoms with van der Waals surface area (Å²) in [6.45, 7) is 7.70. The zero-order chi connectivity index (χ0) is 25.6. The van der Waals surface area contributed by atoms with Crippen LogP contribution in [0.4, 0.5) is 0 Å². The third-order valence-electron chi connectivity index (χ3n) is 5.80. The third-order valence-corrected chi connectivity index (χ3v) is 7.29. The van der Waals surface area contributed by atoms with E-state index >= 15 is 0 Å². The molecule has 1 N–H and O–H groups in total. The third kappa shape index (κ3) is 6.80. The molecule has 0 aliphatic heterocycles. The standard InChI is InChI=1S/C27H33NO6S/c1-5-7-9-20-17-25(29)33-23-15-19(4)16-24(26(20)23)34-27(30)22(10-8-6-2)28-35(31,32)21-13-11-18(3)12-14-21/h11-17,22,28H,5-10H2,1-4H3/t22-/m1/s1. The number of aryl methyl sites for hydroxylation is 3. The predicted molar refractivity (Wildman–Crippen MR) is 136 cm³/mol. The second kappa shape index (κ2) is 11.6. The number of esters is 1. The Hall–Kier alpha value is -2.97. The molecule has 3 rings (SSSR count). The van der Waals surface area contributed by atoms with Gasteiger partial charge in [-0.2, -0.15) is 4.72 Å². The minimum Gasteiger partial charge on any atom is -0.425 e. The Morgan fingerprint density at radius 1 is 1.00 bits per heavy atom. The highest BCUT2D eigenvalue weighted by atomic mass is 32.2. The Morgan fingerprint density at radius 2 is 1.69 bits per heavy atom. The van der Waals surface area contributed by atoms with Crippen LogP contribution in [-0.2, 0) is 21.2 Å². The molecular weight excluding hydrogens is 466 g/mol. The van der Waals surface area contributed by atoms with Crippen molar-refractivity contribution < 1.29 is 22.4 Å². The van der Waals surface area contributed by atoms with Gasteiger partial charge in [0, 0.05) is 6.07 Å². The molecule has 0 spiro atoms. The number of carbonyl (C=O) groups excluding carboxylic acids is 1. The van der Waals surface area contributed by atoms with Crippen LogP contribution < -0.4 is 15.1 Å². The van der Waals surface area contributed by atoms with E-state index < -0.39 is 27.7 Å². The quantitative estimate of drug-likeness (QED) is 0.221. The van der Waals surface area contributed by atoms with Crippen LogP contribution in [0.2, 0.25) is 0 Å². The fraction of sp³-hybridized carbons (Fsp3) is 0.407. The van der Waals surface area contributed by atoms with Gasteiger partial charge in [-0.1, -0.05) is 50.8 Å². The van der Waals surface area contributed by atoms with E-state index in [9.17, 15) is 18.0 Å². The van der Waals surface area contributed by atoms with Crippen LogP contribution in [0.3, 0.4) is 0 Å². The minimum absolute atomic E-state index is 0.0852. The Bertz CT molecular complexity index is 1340. The van der Waals surface area contributed by atoms with Crippen LogP contribution >= 0.6 is 0 Å². The summed E-state index contributed by atoms with van der Waals surface area (Å²) >= 11 is 0. The first-order chi connectivity index (χ1) is 16.6. The molecule has 1 heterocycles. The molecular formula is C27H33NO6S. The van der Waals surface area contributed by atoms with E-state index in [1.54, 1.807) is 24.3 Å². The van der Waals surface area contributed by atoms with Crippen molar-refractivity contribution in [2.75, 3.05) is 0 Å². The topological polar surface area (TPSA) is 103 Å². The lowest BCUT2D eigenvalue weighted by molar-refractivity contribution is -0.136. The molecule has 8 heteroatoms. The van der Waals surface area contributed by atoms with E-state index in [0.717, 1.165) is 36.0 Å². The normalized spacial score (nSPS) is 12.6. The first kappa shape index (κ1) is 26.6. The average Bonchev–Trinajstić information content (AvgIpc) is 2.79. The number of hydrogen-bond acceptors (Lipinski definition) is 6. The summed E-state index contributed by atoms with van der Waals surface area (Å²) in [6.07, 6.45) is 4.14. The Labute approximate surface area is 206 Å². The van der Waals surface area contributed by atoms with Gasteiger partial charge < -0.3 is 9.15 Å². The maximum Gasteiger partial charge on any atom is 0.336 e. The molecule has 7 nitrogen and oxygen atoms in total. The molecule has 1 atom stereocenters. The highest BCUT2D eigenvalue weighted by Crippen LogP contribution is 2.31. The maximum atomic E-state index is 13.3. The number of unbranched alkanes of at least 4 members (excludes halogenated alkanes) is 2.